The number of aromatic amines is 1. The first kappa shape index (κ1) is 13.8. The minimum atomic E-state index is -0.263. The van der Waals surface area contributed by atoms with Crippen LogP contribution in [-0.2, 0) is 0 Å². The average Bonchev–Trinajstić information content (AvgIpc) is 2.69. The lowest BCUT2D eigenvalue weighted by Gasteiger charge is -2.08. The minimum Gasteiger partial charge on any atom is -0.330 e. The van der Waals surface area contributed by atoms with Gasteiger partial charge in [-0.3, -0.25) is 4.57 Å². The normalized spacial score (nSPS) is 11.2. The molecule has 0 saturated carbocycles. The van der Waals surface area contributed by atoms with Crippen molar-refractivity contribution in [1.82, 2.24) is 9.55 Å². The van der Waals surface area contributed by atoms with Crippen LogP contribution in [0.25, 0.3) is 16.7 Å². The molecular formula is C14H9BrClFN2S. The van der Waals surface area contributed by atoms with Gasteiger partial charge in [0.15, 0.2) is 4.77 Å². The second-order valence-electron chi connectivity index (χ2n) is 4.48. The van der Waals surface area contributed by atoms with Crippen molar-refractivity contribution in [2.45, 2.75) is 6.92 Å². The monoisotopic (exact) mass is 370 g/mol. The lowest BCUT2D eigenvalue weighted by Crippen LogP contribution is -1.96. The summed E-state index contributed by atoms with van der Waals surface area (Å²) in [6.45, 7) is 1.72. The van der Waals surface area contributed by atoms with Crippen LogP contribution in [0.2, 0.25) is 5.02 Å². The van der Waals surface area contributed by atoms with Crippen LogP contribution >= 0.6 is 39.7 Å². The molecule has 20 heavy (non-hydrogen) atoms. The number of H-pyrrole nitrogens is 1. The summed E-state index contributed by atoms with van der Waals surface area (Å²) < 4.78 is 16.8. The third-order valence-corrected chi connectivity index (χ3v) is 4.21. The summed E-state index contributed by atoms with van der Waals surface area (Å²) in [7, 11) is 0. The Bertz CT molecular complexity index is 885. The van der Waals surface area contributed by atoms with E-state index in [2.05, 4.69) is 20.9 Å². The van der Waals surface area contributed by atoms with Crippen molar-refractivity contribution in [1.29, 1.82) is 0 Å². The Balaban J connectivity index is 2.42. The maximum Gasteiger partial charge on any atom is 0.182 e. The predicted molar refractivity (Wildman–Crippen MR) is 85.9 cm³/mol. The van der Waals surface area contributed by atoms with E-state index in [1.54, 1.807) is 19.1 Å². The van der Waals surface area contributed by atoms with Gasteiger partial charge in [0.1, 0.15) is 5.82 Å². The highest BCUT2D eigenvalue weighted by Gasteiger charge is 2.12. The molecule has 2 aromatic carbocycles. The molecule has 0 aliphatic rings. The zero-order chi connectivity index (χ0) is 14.4. The maximum absolute atomic E-state index is 13.6. The van der Waals surface area contributed by atoms with E-state index in [0.29, 0.717) is 20.9 Å². The van der Waals surface area contributed by atoms with Crippen LogP contribution in [0, 0.1) is 17.5 Å². The second kappa shape index (κ2) is 4.98. The van der Waals surface area contributed by atoms with Crippen molar-refractivity contribution < 1.29 is 4.39 Å². The second-order valence-corrected chi connectivity index (χ2v) is 6.19. The largest absolute Gasteiger partial charge is 0.330 e. The molecule has 1 heterocycles. The molecule has 102 valence electrons. The Morgan fingerprint density at radius 3 is 2.80 bits per heavy atom. The molecule has 3 aromatic rings. The van der Waals surface area contributed by atoms with Crippen LogP contribution in [-0.4, -0.2) is 9.55 Å². The summed E-state index contributed by atoms with van der Waals surface area (Å²) in [6, 6.07) is 8.73. The lowest BCUT2D eigenvalue weighted by atomic mass is 10.2. The fourth-order valence-electron chi connectivity index (χ4n) is 2.13. The van der Waals surface area contributed by atoms with Crippen LogP contribution in [0.15, 0.2) is 34.8 Å². The Morgan fingerprint density at radius 2 is 2.05 bits per heavy atom. The number of rotatable bonds is 1. The highest BCUT2D eigenvalue weighted by Crippen LogP contribution is 2.29. The Hall–Kier alpha value is -1.17. The molecule has 0 radical (unpaired) electrons. The van der Waals surface area contributed by atoms with Crippen molar-refractivity contribution in [3.63, 3.8) is 0 Å². The highest BCUT2D eigenvalue weighted by molar-refractivity contribution is 9.10. The number of aromatic nitrogens is 2. The summed E-state index contributed by atoms with van der Waals surface area (Å²) in [5.41, 5.74) is 2.76. The topological polar surface area (TPSA) is 20.7 Å². The van der Waals surface area contributed by atoms with E-state index in [-0.39, 0.29) is 5.82 Å². The van der Waals surface area contributed by atoms with E-state index in [1.165, 1.54) is 6.07 Å². The lowest BCUT2D eigenvalue weighted by molar-refractivity contribution is 0.620. The molecule has 3 rings (SSSR count). The predicted octanol–water partition coefficient (Wildman–Crippen LogP) is 5.55. The SMILES string of the molecule is Cc1cc2c(cc1F)[nH]c(=S)n2-c1cc(Br)ccc1Cl. The number of fused-ring (bicyclic) bond motifs is 1. The van der Waals surface area contributed by atoms with E-state index >= 15 is 0 Å². The van der Waals surface area contributed by atoms with Crippen LogP contribution < -0.4 is 0 Å². The zero-order valence-electron chi connectivity index (χ0n) is 10.4. The van der Waals surface area contributed by atoms with E-state index in [9.17, 15) is 4.39 Å². The number of aryl methyl sites for hydroxylation is 1. The van der Waals surface area contributed by atoms with Gasteiger partial charge in [0, 0.05) is 4.47 Å². The Labute approximate surface area is 133 Å². The summed E-state index contributed by atoms with van der Waals surface area (Å²) in [5.74, 6) is -0.263. The van der Waals surface area contributed by atoms with Crippen LogP contribution in [0.4, 0.5) is 4.39 Å². The summed E-state index contributed by atoms with van der Waals surface area (Å²) in [6.07, 6.45) is 0. The van der Waals surface area contributed by atoms with Gasteiger partial charge in [0.2, 0.25) is 0 Å². The van der Waals surface area contributed by atoms with E-state index in [0.717, 1.165) is 15.7 Å². The number of halogens is 3. The van der Waals surface area contributed by atoms with Gasteiger partial charge in [-0.1, -0.05) is 27.5 Å². The standard InChI is InChI=1S/C14H9BrClFN2S/c1-7-4-13-11(6-10(7)17)18-14(20)19(13)12-5-8(15)2-3-9(12)16/h2-6H,1H3,(H,18,20). The van der Waals surface area contributed by atoms with Crippen LogP contribution in [0.5, 0.6) is 0 Å². The fraction of sp³-hybridized carbons (Fsp3) is 0.0714. The summed E-state index contributed by atoms with van der Waals surface area (Å²) in [5, 5.41) is 0.576. The van der Waals surface area contributed by atoms with Gasteiger partial charge in [-0.2, -0.15) is 0 Å². The zero-order valence-corrected chi connectivity index (χ0v) is 13.5. The molecule has 0 spiro atoms. The van der Waals surface area contributed by atoms with Crippen molar-refractivity contribution in [2.24, 2.45) is 0 Å². The molecule has 1 aromatic heterocycles. The molecule has 0 bridgehead atoms. The Kier molecular flexibility index (Phi) is 3.44. The molecule has 6 heteroatoms. The number of nitrogens with one attached hydrogen (secondary N) is 1. The first-order valence-corrected chi connectivity index (χ1v) is 7.41. The minimum absolute atomic E-state index is 0.263. The number of hydrogen-bond acceptors (Lipinski definition) is 1. The summed E-state index contributed by atoms with van der Waals surface area (Å²) >= 11 is 15.0. The smallest absolute Gasteiger partial charge is 0.182 e. The van der Waals surface area contributed by atoms with E-state index in [1.807, 2.05) is 16.7 Å². The highest BCUT2D eigenvalue weighted by atomic mass is 79.9. The quantitative estimate of drug-likeness (QED) is 0.556. The molecule has 0 atom stereocenters. The first-order chi connectivity index (χ1) is 9.47. The van der Waals surface area contributed by atoms with Gasteiger partial charge < -0.3 is 4.98 Å². The van der Waals surface area contributed by atoms with Crippen LogP contribution in [0.1, 0.15) is 5.56 Å². The van der Waals surface area contributed by atoms with Gasteiger partial charge in [-0.15, -0.1) is 0 Å². The van der Waals surface area contributed by atoms with E-state index in [4.69, 9.17) is 23.8 Å². The maximum atomic E-state index is 13.6. The molecule has 0 fully saturated rings. The summed E-state index contributed by atoms with van der Waals surface area (Å²) in [4.78, 5) is 3.00. The molecule has 0 aliphatic heterocycles. The van der Waals surface area contributed by atoms with Gasteiger partial charge in [-0.25, -0.2) is 4.39 Å². The van der Waals surface area contributed by atoms with Gasteiger partial charge >= 0.3 is 0 Å². The van der Waals surface area contributed by atoms with Gasteiger partial charge in [-0.05, 0) is 55.0 Å². The van der Waals surface area contributed by atoms with Gasteiger partial charge in [0.05, 0.1) is 21.7 Å². The number of imidazole rings is 1. The number of nitrogens with zero attached hydrogens (tertiary/aromatic N) is 1. The molecule has 0 amide bonds. The molecule has 0 unspecified atom stereocenters. The molecular weight excluding hydrogens is 363 g/mol. The van der Waals surface area contributed by atoms with Crippen molar-refractivity contribution >= 4 is 50.8 Å². The average molecular weight is 372 g/mol. The van der Waals surface area contributed by atoms with Crippen molar-refractivity contribution in [2.75, 3.05) is 0 Å². The number of benzene rings is 2. The van der Waals surface area contributed by atoms with Gasteiger partial charge in [0.25, 0.3) is 0 Å². The van der Waals surface area contributed by atoms with Crippen molar-refractivity contribution in [3.8, 4) is 5.69 Å². The Morgan fingerprint density at radius 1 is 1.30 bits per heavy atom. The van der Waals surface area contributed by atoms with Crippen molar-refractivity contribution in [3.05, 3.63) is 56.0 Å². The van der Waals surface area contributed by atoms with E-state index < -0.39 is 0 Å². The molecule has 1 N–H and O–H groups in total. The molecule has 0 aliphatic carbocycles. The third-order valence-electron chi connectivity index (χ3n) is 3.11. The third kappa shape index (κ3) is 2.20. The fourth-order valence-corrected chi connectivity index (χ4v) is 2.99. The molecule has 0 saturated heterocycles. The molecule has 2 nitrogen and oxygen atoms in total. The van der Waals surface area contributed by atoms with Crippen LogP contribution in [0.3, 0.4) is 0 Å². The number of hydrogen-bond donors (Lipinski definition) is 1. The first-order valence-electron chi connectivity index (χ1n) is 5.83.